The van der Waals surface area contributed by atoms with Crippen LogP contribution in [0.25, 0.3) is 0 Å². The fourth-order valence-electron chi connectivity index (χ4n) is 1.000. The van der Waals surface area contributed by atoms with E-state index >= 15 is 0 Å². The minimum absolute atomic E-state index is 0.507. The number of rotatable bonds is 6. The first-order valence-corrected chi connectivity index (χ1v) is 5.02. The normalized spacial score (nSPS) is 12.8. The number of hydrogen-bond donors (Lipinski definition) is 1. The number of nitrogens with zero attached hydrogens (tertiary/aromatic N) is 3. The van der Waals surface area contributed by atoms with E-state index in [2.05, 4.69) is 10.5 Å². The summed E-state index contributed by atoms with van der Waals surface area (Å²) in [6, 6.07) is -2.65. The Morgan fingerprint density at radius 2 is 2.17 bits per heavy atom. The van der Waals surface area contributed by atoms with Crippen molar-refractivity contribution in [3.63, 3.8) is 0 Å². The average Bonchev–Trinajstić information content (AvgIpc) is 2.39. The monoisotopic (exact) mass is 255 g/mol. The van der Waals surface area contributed by atoms with Crippen molar-refractivity contribution < 1.29 is 14.0 Å². The molecule has 8 nitrogen and oxygen atoms in total. The predicted octanol–water partition coefficient (Wildman–Crippen LogP) is 2.70. The molecular weight excluding hydrogens is 240 g/mol. The van der Waals surface area contributed by atoms with E-state index < -0.39 is 45.0 Å². The second kappa shape index (κ2) is 6.28. The van der Waals surface area contributed by atoms with Crippen LogP contribution >= 0.6 is 0 Å². The highest BCUT2D eigenvalue weighted by atomic mass is 16.6. The van der Waals surface area contributed by atoms with Gasteiger partial charge in [0.1, 0.15) is 5.69 Å². The zero-order valence-corrected chi connectivity index (χ0v) is 9.47. The SMILES string of the molecule is [2H]c1c([2H])c([N+](=O)[O-])c([2H])c([N+](=O)[O-])c1NN=CCCC. The van der Waals surface area contributed by atoms with Crippen LogP contribution in [-0.2, 0) is 0 Å². The van der Waals surface area contributed by atoms with Crippen LogP contribution in [-0.4, -0.2) is 16.1 Å². The molecular formula is C10H12N4O4. The molecule has 8 heteroatoms. The van der Waals surface area contributed by atoms with Crippen molar-refractivity contribution in [3.05, 3.63) is 38.4 Å². The van der Waals surface area contributed by atoms with Gasteiger partial charge in [0.25, 0.3) is 5.69 Å². The zero-order valence-electron chi connectivity index (χ0n) is 12.5. The number of benzene rings is 1. The summed E-state index contributed by atoms with van der Waals surface area (Å²) in [5, 5.41) is 25.4. The van der Waals surface area contributed by atoms with Gasteiger partial charge in [-0.1, -0.05) is 13.3 Å². The first-order chi connectivity index (χ1) is 9.82. The first-order valence-electron chi connectivity index (χ1n) is 6.52. The minimum Gasteiger partial charge on any atom is -0.272 e. The molecule has 0 saturated heterocycles. The van der Waals surface area contributed by atoms with Crippen LogP contribution in [0.2, 0.25) is 0 Å². The summed E-state index contributed by atoms with van der Waals surface area (Å²) in [4.78, 5) is 19.7. The van der Waals surface area contributed by atoms with Crippen molar-refractivity contribution in [2.45, 2.75) is 19.8 Å². The number of anilines is 1. The second-order valence-electron chi connectivity index (χ2n) is 3.17. The number of unbranched alkanes of at least 4 members (excludes halogenated alkanes) is 1. The molecule has 1 N–H and O–H groups in total. The van der Waals surface area contributed by atoms with E-state index in [1.54, 1.807) is 0 Å². The molecule has 0 aromatic heterocycles. The van der Waals surface area contributed by atoms with E-state index in [4.69, 9.17) is 4.11 Å². The topological polar surface area (TPSA) is 111 Å². The molecule has 0 bridgehead atoms. The maximum Gasteiger partial charge on any atom is 0.301 e. The average molecular weight is 255 g/mol. The lowest BCUT2D eigenvalue weighted by molar-refractivity contribution is -0.393. The standard InChI is InChI=1S/C10H12N4O4/c1-2-3-6-11-12-9-5-4-8(13(15)16)7-10(9)14(17)18/h4-7,12H,2-3H2,1H3/i4D,5D,7D. The van der Waals surface area contributed by atoms with E-state index in [1.807, 2.05) is 6.92 Å². The smallest absolute Gasteiger partial charge is 0.272 e. The molecule has 1 aromatic carbocycles. The van der Waals surface area contributed by atoms with Gasteiger partial charge in [0.15, 0.2) is 0 Å². The maximum atomic E-state index is 11.0. The van der Waals surface area contributed by atoms with Gasteiger partial charge in [0.05, 0.1) is 20.0 Å². The van der Waals surface area contributed by atoms with Crippen LogP contribution in [0.15, 0.2) is 23.2 Å². The molecule has 0 aliphatic rings. The van der Waals surface area contributed by atoms with E-state index in [-0.39, 0.29) is 0 Å². The van der Waals surface area contributed by atoms with Crippen molar-refractivity contribution in [2.75, 3.05) is 5.43 Å². The number of nitro groups is 2. The lowest BCUT2D eigenvalue weighted by atomic mass is 10.2. The van der Waals surface area contributed by atoms with Crippen LogP contribution in [0.4, 0.5) is 17.1 Å². The molecule has 0 atom stereocenters. The fraction of sp³-hybridized carbons (Fsp3) is 0.300. The van der Waals surface area contributed by atoms with Gasteiger partial charge in [-0.25, -0.2) is 0 Å². The van der Waals surface area contributed by atoms with Crippen molar-refractivity contribution in [1.82, 2.24) is 0 Å². The van der Waals surface area contributed by atoms with Crippen LogP contribution in [0.5, 0.6) is 0 Å². The van der Waals surface area contributed by atoms with Crippen molar-refractivity contribution in [2.24, 2.45) is 5.10 Å². The van der Waals surface area contributed by atoms with E-state index in [9.17, 15) is 20.2 Å². The third-order valence-electron chi connectivity index (χ3n) is 1.83. The third kappa shape index (κ3) is 3.51. The molecule has 1 rings (SSSR count). The molecule has 0 aliphatic heterocycles. The van der Waals surface area contributed by atoms with Gasteiger partial charge in [-0.05, 0) is 12.5 Å². The summed E-state index contributed by atoms with van der Waals surface area (Å²) in [7, 11) is 0. The molecule has 0 spiro atoms. The number of hydrazone groups is 1. The highest BCUT2D eigenvalue weighted by Crippen LogP contribution is 2.28. The van der Waals surface area contributed by atoms with Crippen molar-refractivity contribution >= 4 is 23.3 Å². The molecule has 96 valence electrons. The summed E-state index contributed by atoms with van der Waals surface area (Å²) in [5.74, 6) is 0. The van der Waals surface area contributed by atoms with Crippen LogP contribution in [0.3, 0.4) is 0 Å². The molecule has 0 radical (unpaired) electrons. The van der Waals surface area contributed by atoms with Gasteiger partial charge >= 0.3 is 5.69 Å². The molecule has 0 heterocycles. The Kier molecular flexibility index (Phi) is 3.32. The van der Waals surface area contributed by atoms with Gasteiger partial charge in [-0.2, -0.15) is 5.10 Å². The highest BCUT2D eigenvalue weighted by molar-refractivity contribution is 5.67. The molecule has 0 saturated carbocycles. The van der Waals surface area contributed by atoms with Crippen LogP contribution in [0, 0.1) is 20.2 Å². The van der Waals surface area contributed by atoms with Gasteiger partial charge in [0, 0.05) is 12.3 Å². The Balaban J connectivity index is 3.49. The number of nitro benzene ring substituents is 2. The lowest BCUT2D eigenvalue weighted by Gasteiger charge is -2.01. The van der Waals surface area contributed by atoms with Crippen molar-refractivity contribution in [1.29, 1.82) is 0 Å². The Hall–Kier alpha value is -2.51. The summed E-state index contributed by atoms with van der Waals surface area (Å²) in [5.41, 5.74) is -0.305. The zero-order chi connectivity index (χ0) is 16.2. The molecule has 0 fully saturated rings. The summed E-state index contributed by atoms with van der Waals surface area (Å²) in [6.45, 7) is 1.89. The summed E-state index contributed by atoms with van der Waals surface area (Å²) in [6.07, 6.45) is 2.79. The highest BCUT2D eigenvalue weighted by Gasteiger charge is 2.18. The van der Waals surface area contributed by atoms with E-state index in [0.29, 0.717) is 6.42 Å². The van der Waals surface area contributed by atoms with E-state index in [0.717, 1.165) is 6.42 Å². The number of hydrogen-bond acceptors (Lipinski definition) is 6. The number of nitrogens with one attached hydrogen (secondary N) is 1. The van der Waals surface area contributed by atoms with E-state index in [1.165, 1.54) is 6.21 Å². The summed E-state index contributed by atoms with van der Waals surface area (Å²) >= 11 is 0. The maximum absolute atomic E-state index is 11.0. The summed E-state index contributed by atoms with van der Waals surface area (Å²) < 4.78 is 22.6. The first kappa shape index (κ1) is 9.51. The van der Waals surface area contributed by atoms with Gasteiger partial charge in [-0.3, -0.25) is 25.7 Å². The largest absolute Gasteiger partial charge is 0.301 e. The Morgan fingerprint density at radius 1 is 1.44 bits per heavy atom. The lowest BCUT2D eigenvalue weighted by Crippen LogP contribution is -1.98. The molecule has 1 aromatic rings. The van der Waals surface area contributed by atoms with Gasteiger partial charge in [0.2, 0.25) is 0 Å². The molecule has 0 amide bonds. The van der Waals surface area contributed by atoms with Crippen LogP contribution < -0.4 is 5.43 Å². The Labute approximate surface area is 107 Å². The molecule has 0 unspecified atom stereocenters. The quantitative estimate of drug-likeness (QED) is 0.477. The Morgan fingerprint density at radius 3 is 2.72 bits per heavy atom. The second-order valence-corrected chi connectivity index (χ2v) is 3.17. The minimum atomic E-state index is -1.08. The predicted molar refractivity (Wildman–Crippen MR) is 66.8 cm³/mol. The third-order valence-corrected chi connectivity index (χ3v) is 1.83. The molecule has 0 aliphatic carbocycles. The van der Waals surface area contributed by atoms with Gasteiger partial charge < -0.3 is 0 Å². The van der Waals surface area contributed by atoms with Crippen LogP contribution in [0.1, 0.15) is 23.9 Å². The molecule has 18 heavy (non-hydrogen) atoms. The fourth-order valence-corrected chi connectivity index (χ4v) is 1.000. The van der Waals surface area contributed by atoms with Crippen molar-refractivity contribution in [3.8, 4) is 0 Å². The Bertz CT molecular complexity index is 621. The van der Waals surface area contributed by atoms with Gasteiger partial charge in [-0.15, -0.1) is 0 Å².